The van der Waals surface area contributed by atoms with Gasteiger partial charge in [-0.2, -0.15) is 0 Å². The smallest absolute Gasteiger partial charge is 0.219 e. The molecule has 0 atom stereocenters. The molecule has 0 aromatic heterocycles. The molecule has 0 N–H and O–H groups in total. The Bertz CT molecular complexity index is 227. The van der Waals surface area contributed by atoms with Gasteiger partial charge in [0, 0.05) is 31.8 Å². The SMILES string of the molecule is CC(=O)N1CCC(C(=O)C(C)C)CC1. The fourth-order valence-corrected chi connectivity index (χ4v) is 1.95. The maximum atomic E-state index is 11.7. The van der Waals surface area contributed by atoms with Crippen LogP contribution in [0.15, 0.2) is 0 Å². The second-order valence-corrected chi connectivity index (χ2v) is 4.34. The number of likely N-dealkylation sites (tertiary alicyclic amines) is 1. The summed E-state index contributed by atoms with van der Waals surface area (Å²) in [4.78, 5) is 24.5. The van der Waals surface area contributed by atoms with Crippen molar-refractivity contribution in [2.24, 2.45) is 11.8 Å². The zero-order valence-corrected chi connectivity index (χ0v) is 9.25. The number of carbonyl (C=O) groups is 2. The molecule has 0 bridgehead atoms. The summed E-state index contributed by atoms with van der Waals surface area (Å²) in [6.07, 6.45) is 1.69. The number of nitrogens with zero attached hydrogens (tertiary/aromatic N) is 1. The van der Waals surface area contributed by atoms with Crippen LogP contribution in [0.25, 0.3) is 0 Å². The van der Waals surface area contributed by atoms with Gasteiger partial charge in [-0.05, 0) is 12.8 Å². The summed E-state index contributed by atoms with van der Waals surface area (Å²) in [6.45, 7) is 6.97. The van der Waals surface area contributed by atoms with Crippen molar-refractivity contribution in [1.29, 1.82) is 0 Å². The van der Waals surface area contributed by atoms with Crippen LogP contribution in [0.5, 0.6) is 0 Å². The third-order valence-electron chi connectivity index (χ3n) is 2.91. The number of hydrogen-bond acceptors (Lipinski definition) is 2. The van der Waals surface area contributed by atoms with Crippen molar-refractivity contribution >= 4 is 11.7 Å². The number of rotatable bonds is 2. The summed E-state index contributed by atoms with van der Waals surface area (Å²) in [7, 11) is 0. The van der Waals surface area contributed by atoms with Crippen LogP contribution >= 0.6 is 0 Å². The molecule has 0 aliphatic carbocycles. The Labute approximate surface area is 85.5 Å². The van der Waals surface area contributed by atoms with Gasteiger partial charge in [0.15, 0.2) is 0 Å². The standard InChI is InChI=1S/C11H19NO2/c1-8(2)11(14)10-4-6-12(7-5-10)9(3)13/h8,10H,4-7H2,1-3H3. The van der Waals surface area contributed by atoms with Crippen molar-refractivity contribution in [3.8, 4) is 0 Å². The summed E-state index contributed by atoms with van der Waals surface area (Å²) < 4.78 is 0. The molecule has 1 heterocycles. The number of ketones is 1. The van der Waals surface area contributed by atoms with Crippen LogP contribution in [0.4, 0.5) is 0 Å². The lowest BCUT2D eigenvalue weighted by molar-refractivity contribution is -0.134. The maximum Gasteiger partial charge on any atom is 0.219 e. The highest BCUT2D eigenvalue weighted by molar-refractivity contribution is 5.83. The maximum absolute atomic E-state index is 11.7. The Morgan fingerprint density at radius 3 is 2.07 bits per heavy atom. The number of hydrogen-bond donors (Lipinski definition) is 0. The molecule has 0 spiro atoms. The van der Waals surface area contributed by atoms with Gasteiger partial charge in [0.2, 0.25) is 5.91 Å². The highest BCUT2D eigenvalue weighted by Crippen LogP contribution is 2.21. The van der Waals surface area contributed by atoms with Crippen LogP contribution in [-0.2, 0) is 9.59 Å². The average Bonchev–Trinajstić information content (AvgIpc) is 2.16. The minimum atomic E-state index is 0.125. The molecule has 1 aliphatic rings. The van der Waals surface area contributed by atoms with Crippen LogP contribution in [0.1, 0.15) is 33.6 Å². The molecule has 1 amide bonds. The first-order valence-corrected chi connectivity index (χ1v) is 5.31. The van der Waals surface area contributed by atoms with E-state index in [9.17, 15) is 9.59 Å². The third-order valence-corrected chi connectivity index (χ3v) is 2.91. The van der Waals surface area contributed by atoms with Crippen LogP contribution in [0, 0.1) is 11.8 Å². The molecule has 1 saturated heterocycles. The minimum Gasteiger partial charge on any atom is -0.343 e. The normalized spacial score (nSPS) is 18.7. The van der Waals surface area contributed by atoms with Crippen molar-refractivity contribution in [2.45, 2.75) is 33.6 Å². The van der Waals surface area contributed by atoms with E-state index >= 15 is 0 Å². The summed E-state index contributed by atoms with van der Waals surface area (Å²) >= 11 is 0. The Balaban J connectivity index is 2.43. The highest BCUT2D eigenvalue weighted by Gasteiger charge is 2.26. The van der Waals surface area contributed by atoms with E-state index in [1.807, 2.05) is 18.7 Å². The van der Waals surface area contributed by atoms with E-state index in [0.717, 1.165) is 25.9 Å². The Morgan fingerprint density at radius 1 is 1.21 bits per heavy atom. The monoisotopic (exact) mass is 197 g/mol. The molecule has 1 rings (SSSR count). The summed E-state index contributed by atoms with van der Waals surface area (Å²) in [5.41, 5.74) is 0. The number of carbonyl (C=O) groups excluding carboxylic acids is 2. The first-order valence-electron chi connectivity index (χ1n) is 5.31. The zero-order valence-electron chi connectivity index (χ0n) is 9.25. The fourth-order valence-electron chi connectivity index (χ4n) is 1.95. The lowest BCUT2D eigenvalue weighted by Gasteiger charge is -2.31. The second kappa shape index (κ2) is 4.58. The lowest BCUT2D eigenvalue weighted by Crippen LogP contribution is -2.39. The van der Waals surface area contributed by atoms with E-state index in [2.05, 4.69) is 0 Å². The number of amides is 1. The van der Waals surface area contributed by atoms with Crippen molar-refractivity contribution in [1.82, 2.24) is 4.90 Å². The van der Waals surface area contributed by atoms with Gasteiger partial charge in [-0.15, -0.1) is 0 Å². The first-order chi connectivity index (χ1) is 6.52. The zero-order chi connectivity index (χ0) is 10.7. The average molecular weight is 197 g/mol. The van der Waals surface area contributed by atoms with E-state index in [-0.39, 0.29) is 17.7 Å². The van der Waals surface area contributed by atoms with E-state index in [1.165, 1.54) is 0 Å². The van der Waals surface area contributed by atoms with Gasteiger partial charge in [0.25, 0.3) is 0 Å². The van der Waals surface area contributed by atoms with Crippen LogP contribution < -0.4 is 0 Å². The summed E-state index contributed by atoms with van der Waals surface area (Å²) in [5.74, 6) is 0.795. The van der Waals surface area contributed by atoms with Crippen LogP contribution in [0.3, 0.4) is 0 Å². The van der Waals surface area contributed by atoms with Crippen molar-refractivity contribution in [2.75, 3.05) is 13.1 Å². The molecular formula is C11H19NO2. The molecule has 0 aromatic carbocycles. The molecule has 1 fully saturated rings. The van der Waals surface area contributed by atoms with Gasteiger partial charge in [0.1, 0.15) is 5.78 Å². The second-order valence-electron chi connectivity index (χ2n) is 4.34. The molecule has 80 valence electrons. The van der Waals surface area contributed by atoms with Crippen molar-refractivity contribution < 1.29 is 9.59 Å². The molecule has 3 heteroatoms. The molecule has 1 aliphatic heterocycles. The quantitative estimate of drug-likeness (QED) is 0.672. The first kappa shape index (κ1) is 11.2. The van der Waals surface area contributed by atoms with Gasteiger partial charge in [-0.25, -0.2) is 0 Å². The van der Waals surface area contributed by atoms with Crippen molar-refractivity contribution in [3.63, 3.8) is 0 Å². The van der Waals surface area contributed by atoms with Crippen LogP contribution in [-0.4, -0.2) is 29.7 Å². The van der Waals surface area contributed by atoms with Gasteiger partial charge in [-0.3, -0.25) is 9.59 Å². The predicted octanol–water partition coefficient (Wildman–Crippen LogP) is 1.47. The van der Waals surface area contributed by atoms with Crippen LogP contribution in [0.2, 0.25) is 0 Å². The van der Waals surface area contributed by atoms with E-state index in [1.54, 1.807) is 6.92 Å². The van der Waals surface area contributed by atoms with E-state index in [4.69, 9.17) is 0 Å². The van der Waals surface area contributed by atoms with Gasteiger partial charge in [0.05, 0.1) is 0 Å². The van der Waals surface area contributed by atoms with Gasteiger partial charge in [-0.1, -0.05) is 13.8 Å². The Hall–Kier alpha value is -0.860. The molecular weight excluding hydrogens is 178 g/mol. The predicted molar refractivity (Wildman–Crippen MR) is 54.8 cm³/mol. The van der Waals surface area contributed by atoms with E-state index < -0.39 is 0 Å². The molecule has 14 heavy (non-hydrogen) atoms. The molecule has 0 radical (unpaired) electrons. The number of piperidine rings is 1. The summed E-state index contributed by atoms with van der Waals surface area (Å²) in [6, 6.07) is 0. The Kier molecular flexibility index (Phi) is 3.67. The Morgan fingerprint density at radius 2 is 1.71 bits per heavy atom. The molecule has 0 saturated carbocycles. The van der Waals surface area contributed by atoms with Gasteiger partial charge < -0.3 is 4.90 Å². The largest absolute Gasteiger partial charge is 0.343 e. The third kappa shape index (κ3) is 2.56. The fraction of sp³-hybridized carbons (Fsp3) is 0.818. The van der Waals surface area contributed by atoms with Gasteiger partial charge >= 0.3 is 0 Å². The van der Waals surface area contributed by atoms with Crippen molar-refractivity contribution in [3.05, 3.63) is 0 Å². The minimum absolute atomic E-state index is 0.125. The highest BCUT2D eigenvalue weighted by atomic mass is 16.2. The topological polar surface area (TPSA) is 37.4 Å². The molecule has 3 nitrogen and oxygen atoms in total. The molecule has 0 unspecified atom stereocenters. The van der Waals surface area contributed by atoms with E-state index in [0.29, 0.717) is 5.78 Å². The summed E-state index contributed by atoms with van der Waals surface area (Å²) in [5, 5.41) is 0. The number of Topliss-reactive ketones (excluding diaryl/α,β-unsaturated/α-hetero) is 1. The lowest BCUT2D eigenvalue weighted by atomic mass is 9.87. The molecule has 0 aromatic rings.